The standard InChI is InChI=1S/C22H38N4O2.HI/c1-16(2)11-19(26(5)6)14-25-22(23-4)24-13-18-8-7-17(3)12-21(18)28-20-9-10-27-15-20;/h7-8,12,16,19-20H,9-11,13-15H2,1-6H3,(H2,23,24,25);1H. The molecular weight excluding hydrogens is 479 g/mol. The molecular formula is C22H39IN4O2. The van der Waals surface area contributed by atoms with Crippen LogP contribution in [0.4, 0.5) is 0 Å². The number of rotatable bonds is 9. The van der Waals surface area contributed by atoms with Crippen LogP contribution >= 0.6 is 24.0 Å². The molecule has 1 saturated heterocycles. The van der Waals surface area contributed by atoms with E-state index < -0.39 is 0 Å². The minimum Gasteiger partial charge on any atom is -0.488 e. The SMILES string of the molecule is CN=C(NCc1ccc(C)cc1OC1CCOC1)NCC(CC(C)C)N(C)C.I. The van der Waals surface area contributed by atoms with E-state index in [1.807, 2.05) is 7.05 Å². The van der Waals surface area contributed by atoms with Crippen molar-refractivity contribution in [3.63, 3.8) is 0 Å². The monoisotopic (exact) mass is 518 g/mol. The van der Waals surface area contributed by atoms with Gasteiger partial charge in [0.15, 0.2) is 5.96 Å². The first-order valence-corrected chi connectivity index (χ1v) is 10.3. The number of hydrogen-bond donors (Lipinski definition) is 2. The molecule has 29 heavy (non-hydrogen) atoms. The van der Waals surface area contributed by atoms with Crippen LogP contribution in [0, 0.1) is 12.8 Å². The number of benzene rings is 1. The Morgan fingerprint density at radius 1 is 1.31 bits per heavy atom. The minimum atomic E-state index is 0. The third kappa shape index (κ3) is 9.09. The van der Waals surface area contributed by atoms with Gasteiger partial charge in [-0.2, -0.15) is 0 Å². The van der Waals surface area contributed by atoms with Crippen molar-refractivity contribution in [1.29, 1.82) is 0 Å². The van der Waals surface area contributed by atoms with Crippen LogP contribution in [0.1, 0.15) is 37.8 Å². The fourth-order valence-electron chi connectivity index (χ4n) is 3.34. The van der Waals surface area contributed by atoms with E-state index in [9.17, 15) is 0 Å². The van der Waals surface area contributed by atoms with Gasteiger partial charge in [-0.1, -0.05) is 26.0 Å². The largest absolute Gasteiger partial charge is 0.488 e. The van der Waals surface area contributed by atoms with Crippen molar-refractivity contribution in [3.05, 3.63) is 29.3 Å². The maximum atomic E-state index is 6.19. The molecule has 2 atom stereocenters. The zero-order valence-corrected chi connectivity index (χ0v) is 21.2. The summed E-state index contributed by atoms with van der Waals surface area (Å²) in [6.07, 6.45) is 2.25. The van der Waals surface area contributed by atoms with Crippen molar-refractivity contribution < 1.29 is 9.47 Å². The molecule has 0 bridgehead atoms. The summed E-state index contributed by atoms with van der Waals surface area (Å²) in [7, 11) is 6.08. The number of hydrogen-bond acceptors (Lipinski definition) is 4. The van der Waals surface area contributed by atoms with Crippen molar-refractivity contribution in [2.75, 3.05) is 40.9 Å². The Balaban J connectivity index is 0.00000420. The molecule has 1 aromatic carbocycles. The zero-order chi connectivity index (χ0) is 20.5. The van der Waals surface area contributed by atoms with E-state index in [0.717, 1.165) is 43.3 Å². The van der Waals surface area contributed by atoms with E-state index in [1.54, 1.807) is 0 Å². The molecule has 1 aliphatic heterocycles. The van der Waals surface area contributed by atoms with Crippen molar-refractivity contribution in [2.24, 2.45) is 10.9 Å². The van der Waals surface area contributed by atoms with E-state index in [0.29, 0.717) is 25.1 Å². The summed E-state index contributed by atoms with van der Waals surface area (Å²) in [4.78, 5) is 6.65. The quantitative estimate of drug-likeness (QED) is 0.298. The van der Waals surface area contributed by atoms with Crippen LogP contribution in [0.15, 0.2) is 23.2 Å². The second kappa shape index (κ2) is 13.3. The zero-order valence-electron chi connectivity index (χ0n) is 18.8. The van der Waals surface area contributed by atoms with Gasteiger partial charge in [-0.3, -0.25) is 4.99 Å². The molecule has 1 aliphatic rings. The topological polar surface area (TPSA) is 58.1 Å². The van der Waals surface area contributed by atoms with Crippen LogP contribution in [0.3, 0.4) is 0 Å². The van der Waals surface area contributed by atoms with Crippen LogP contribution in [-0.4, -0.2) is 63.9 Å². The Hall–Kier alpha value is -1.06. The summed E-state index contributed by atoms with van der Waals surface area (Å²) in [6.45, 7) is 9.60. The van der Waals surface area contributed by atoms with E-state index >= 15 is 0 Å². The molecule has 166 valence electrons. The molecule has 2 N–H and O–H groups in total. The van der Waals surface area contributed by atoms with Gasteiger partial charge in [0.05, 0.1) is 13.2 Å². The van der Waals surface area contributed by atoms with Gasteiger partial charge >= 0.3 is 0 Å². The second-order valence-electron chi connectivity index (χ2n) is 8.27. The third-order valence-electron chi connectivity index (χ3n) is 5.05. The molecule has 7 heteroatoms. The van der Waals surface area contributed by atoms with Crippen LogP contribution in [0.5, 0.6) is 5.75 Å². The summed E-state index contributed by atoms with van der Waals surface area (Å²) >= 11 is 0. The Labute approximate surface area is 193 Å². The first-order chi connectivity index (χ1) is 13.4. The highest BCUT2D eigenvalue weighted by atomic mass is 127. The molecule has 0 aromatic heterocycles. The number of aliphatic imine (C=N–C) groups is 1. The average Bonchev–Trinajstić information content (AvgIpc) is 3.14. The van der Waals surface area contributed by atoms with Gasteiger partial charge in [-0.15, -0.1) is 24.0 Å². The van der Waals surface area contributed by atoms with Crippen LogP contribution in [-0.2, 0) is 11.3 Å². The molecule has 1 heterocycles. The number of likely N-dealkylation sites (N-methyl/N-ethyl adjacent to an activating group) is 1. The lowest BCUT2D eigenvalue weighted by Crippen LogP contribution is -2.45. The fourth-order valence-corrected chi connectivity index (χ4v) is 3.34. The van der Waals surface area contributed by atoms with Crippen molar-refractivity contribution in [1.82, 2.24) is 15.5 Å². The molecule has 0 radical (unpaired) electrons. The van der Waals surface area contributed by atoms with Gasteiger partial charge in [0.25, 0.3) is 0 Å². The van der Waals surface area contributed by atoms with Gasteiger partial charge < -0.3 is 25.0 Å². The van der Waals surface area contributed by atoms with Gasteiger partial charge in [-0.05, 0) is 45.0 Å². The maximum absolute atomic E-state index is 6.19. The third-order valence-corrected chi connectivity index (χ3v) is 5.05. The normalized spacial score (nSPS) is 17.9. The predicted octanol–water partition coefficient (Wildman–Crippen LogP) is 3.42. The first-order valence-electron chi connectivity index (χ1n) is 10.3. The number of halogens is 1. The van der Waals surface area contributed by atoms with Crippen LogP contribution in [0.2, 0.25) is 0 Å². The first kappa shape index (κ1) is 26.0. The molecule has 0 saturated carbocycles. The summed E-state index contributed by atoms with van der Waals surface area (Å²) in [5.41, 5.74) is 2.33. The molecule has 0 spiro atoms. The lowest BCUT2D eigenvalue weighted by atomic mass is 10.0. The van der Waals surface area contributed by atoms with Gasteiger partial charge in [0, 0.05) is 38.2 Å². The van der Waals surface area contributed by atoms with Gasteiger partial charge in [0.2, 0.25) is 0 Å². The minimum absolute atomic E-state index is 0. The number of aryl methyl sites for hydroxylation is 1. The fraction of sp³-hybridized carbons (Fsp3) is 0.682. The van der Waals surface area contributed by atoms with E-state index in [-0.39, 0.29) is 30.1 Å². The molecule has 0 aliphatic carbocycles. The Morgan fingerprint density at radius 3 is 2.66 bits per heavy atom. The molecule has 6 nitrogen and oxygen atoms in total. The van der Waals surface area contributed by atoms with Crippen LogP contribution in [0.25, 0.3) is 0 Å². The number of ether oxygens (including phenoxy) is 2. The number of nitrogens with one attached hydrogen (secondary N) is 2. The average molecular weight is 518 g/mol. The van der Waals surface area contributed by atoms with E-state index in [2.05, 4.69) is 73.6 Å². The lowest BCUT2D eigenvalue weighted by Gasteiger charge is -2.27. The Morgan fingerprint density at radius 2 is 2.07 bits per heavy atom. The van der Waals surface area contributed by atoms with Gasteiger partial charge in [0.1, 0.15) is 11.9 Å². The Bertz CT molecular complexity index is 631. The van der Waals surface area contributed by atoms with Crippen molar-refractivity contribution in [2.45, 2.75) is 52.3 Å². The van der Waals surface area contributed by atoms with Crippen LogP contribution < -0.4 is 15.4 Å². The van der Waals surface area contributed by atoms with Crippen molar-refractivity contribution in [3.8, 4) is 5.75 Å². The summed E-state index contributed by atoms with van der Waals surface area (Å²) in [5.74, 6) is 2.41. The lowest BCUT2D eigenvalue weighted by molar-refractivity contribution is 0.140. The van der Waals surface area contributed by atoms with E-state index in [4.69, 9.17) is 9.47 Å². The number of nitrogens with zero attached hydrogens (tertiary/aromatic N) is 2. The summed E-state index contributed by atoms with van der Waals surface area (Å²) in [5, 5.41) is 6.89. The van der Waals surface area contributed by atoms with Gasteiger partial charge in [-0.25, -0.2) is 0 Å². The number of guanidine groups is 1. The maximum Gasteiger partial charge on any atom is 0.191 e. The highest BCUT2D eigenvalue weighted by Crippen LogP contribution is 2.23. The highest BCUT2D eigenvalue weighted by Gasteiger charge is 2.19. The molecule has 2 unspecified atom stereocenters. The van der Waals surface area contributed by atoms with Crippen molar-refractivity contribution >= 4 is 29.9 Å². The molecule has 0 amide bonds. The molecule has 2 rings (SSSR count). The smallest absolute Gasteiger partial charge is 0.191 e. The summed E-state index contributed by atoms with van der Waals surface area (Å²) < 4.78 is 11.6. The Kier molecular flexibility index (Phi) is 11.9. The predicted molar refractivity (Wildman–Crippen MR) is 132 cm³/mol. The second-order valence-corrected chi connectivity index (χ2v) is 8.27. The van der Waals surface area contributed by atoms with E-state index in [1.165, 1.54) is 5.56 Å². The summed E-state index contributed by atoms with van der Waals surface area (Å²) in [6, 6.07) is 6.83. The highest BCUT2D eigenvalue weighted by molar-refractivity contribution is 14.0. The molecule has 1 fully saturated rings. The molecule has 1 aromatic rings.